The van der Waals surface area contributed by atoms with E-state index in [0.29, 0.717) is 0 Å². The molecule has 1 aliphatic rings. The van der Waals surface area contributed by atoms with E-state index in [1.165, 1.54) is 12.8 Å². The fraction of sp³-hybridized carbons (Fsp3) is 1.00. The second-order valence-electron chi connectivity index (χ2n) is 2.98. The van der Waals surface area contributed by atoms with E-state index >= 15 is 0 Å². The molecule has 10 heavy (non-hydrogen) atoms. The Hall–Kier alpha value is -0.0800. The zero-order chi connectivity index (χ0) is 7.23. The van der Waals surface area contributed by atoms with Gasteiger partial charge in [-0.2, -0.15) is 0 Å². The maximum absolute atomic E-state index is 5.42. The van der Waals surface area contributed by atoms with E-state index in [2.05, 4.69) is 5.32 Å². The first-order valence-corrected chi connectivity index (χ1v) is 4.16. The lowest BCUT2D eigenvalue weighted by Crippen LogP contribution is -2.10. The third-order valence-electron chi connectivity index (χ3n) is 1.77. The fourth-order valence-electron chi connectivity index (χ4n) is 0.886. The lowest BCUT2D eigenvalue weighted by Gasteiger charge is -2.01. The van der Waals surface area contributed by atoms with Gasteiger partial charge in [-0.05, 0) is 38.8 Å². The molecule has 0 aromatic rings. The lowest BCUT2D eigenvalue weighted by atomic mass is 10.4. The van der Waals surface area contributed by atoms with Gasteiger partial charge in [0.25, 0.3) is 0 Å². The van der Waals surface area contributed by atoms with Gasteiger partial charge in [0.05, 0.1) is 0 Å². The predicted molar refractivity (Wildman–Crippen MR) is 42.1 cm³/mol. The minimum Gasteiger partial charge on any atom is -0.381 e. The average molecular weight is 143 g/mol. The van der Waals surface area contributed by atoms with Crippen LogP contribution in [0.4, 0.5) is 0 Å². The quantitative estimate of drug-likeness (QED) is 0.561. The Kier molecular flexibility index (Phi) is 3.76. The van der Waals surface area contributed by atoms with Crippen LogP contribution in [0.1, 0.15) is 19.3 Å². The van der Waals surface area contributed by atoms with Crippen LogP contribution in [-0.4, -0.2) is 26.8 Å². The number of rotatable bonds is 6. The topological polar surface area (TPSA) is 21.3 Å². The van der Waals surface area contributed by atoms with Gasteiger partial charge < -0.3 is 10.1 Å². The van der Waals surface area contributed by atoms with Crippen molar-refractivity contribution in [3.05, 3.63) is 0 Å². The van der Waals surface area contributed by atoms with Gasteiger partial charge in [-0.3, -0.25) is 0 Å². The third kappa shape index (κ3) is 3.85. The van der Waals surface area contributed by atoms with Crippen LogP contribution >= 0.6 is 0 Å². The van der Waals surface area contributed by atoms with E-state index in [-0.39, 0.29) is 0 Å². The summed E-state index contributed by atoms with van der Waals surface area (Å²) in [6.07, 6.45) is 3.93. The molecule has 0 aliphatic heterocycles. The van der Waals surface area contributed by atoms with Crippen molar-refractivity contribution in [2.75, 3.05) is 26.8 Å². The molecule has 0 heterocycles. The average Bonchev–Trinajstić information content (AvgIpc) is 2.71. The molecule has 0 spiro atoms. The van der Waals surface area contributed by atoms with Gasteiger partial charge in [0.1, 0.15) is 0 Å². The smallest absolute Gasteiger partial charge is 0.0494 e. The molecule has 0 bridgehead atoms. The first kappa shape index (κ1) is 8.02. The Morgan fingerprint density at radius 2 is 2.30 bits per heavy atom. The van der Waals surface area contributed by atoms with Gasteiger partial charge in [0, 0.05) is 13.2 Å². The number of ether oxygens (including phenoxy) is 1. The van der Waals surface area contributed by atoms with E-state index in [9.17, 15) is 0 Å². The largest absolute Gasteiger partial charge is 0.381 e. The van der Waals surface area contributed by atoms with E-state index < -0.39 is 0 Å². The normalized spacial score (nSPS) is 17.7. The van der Waals surface area contributed by atoms with Crippen molar-refractivity contribution >= 4 is 0 Å². The van der Waals surface area contributed by atoms with Crippen LogP contribution < -0.4 is 5.32 Å². The minimum absolute atomic E-state index is 0.912. The van der Waals surface area contributed by atoms with Crippen molar-refractivity contribution in [3.8, 4) is 0 Å². The molecule has 1 aliphatic carbocycles. The van der Waals surface area contributed by atoms with Crippen molar-refractivity contribution in [1.29, 1.82) is 0 Å². The molecule has 1 fully saturated rings. The highest BCUT2D eigenvalue weighted by molar-refractivity contribution is 4.71. The van der Waals surface area contributed by atoms with E-state index in [0.717, 1.165) is 32.1 Å². The van der Waals surface area contributed by atoms with Gasteiger partial charge in [0.2, 0.25) is 0 Å². The van der Waals surface area contributed by atoms with Crippen LogP contribution in [0.25, 0.3) is 0 Å². The van der Waals surface area contributed by atoms with E-state index in [4.69, 9.17) is 4.74 Å². The van der Waals surface area contributed by atoms with Crippen molar-refractivity contribution in [2.24, 2.45) is 5.92 Å². The highest BCUT2D eigenvalue weighted by atomic mass is 16.5. The zero-order valence-corrected chi connectivity index (χ0v) is 6.73. The van der Waals surface area contributed by atoms with Crippen molar-refractivity contribution in [1.82, 2.24) is 5.32 Å². The summed E-state index contributed by atoms with van der Waals surface area (Å²) >= 11 is 0. The van der Waals surface area contributed by atoms with Crippen LogP contribution in [0, 0.1) is 5.92 Å². The summed E-state index contributed by atoms with van der Waals surface area (Å²) < 4.78 is 5.42. The van der Waals surface area contributed by atoms with Gasteiger partial charge in [-0.1, -0.05) is 0 Å². The van der Waals surface area contributed by atoms with Crippen molar-refractivity contribution < 1.29 is 4.74 Å². The summed E-state index contributed by atoms with van der Waals surface area (Å²) in [4.78, 5) is 0. The van der Waals surface area contributed by atoms with Crippen molar-refractivity contribution in [2.45, 2.75) is 19.3 Å². The molecule has 60 valence electrons. The Balaban J connectivity index is 1.68. The molecule has 0 saturated heterocycles. The first-order valence-electron chi connectivity index (χ1n) is 4.16. The fourth-order valence-corrected chi connectivity index (χ4v) is 0.886. The SMILES string of the molecule is CNCCCOCC1CC1. The Bertz CT molecular complexity index is 81.3. The zero-order valence-electron chi connectivity index (χ0n) is 6.73. The maximum atomic E-state index is 5.42. The molecule has 1 saturated carbocycles. The Morgan fingerprint density at radius 1 is 1.50 bits per heavy atom. The maximum Gasteiger partial charge on any atom is 0.0494 e. The standard InChI is InChI=1S/C8H17NO/c1-9-5-2-6-10-7-8-3-4-8/h8-9H,2-7H2,1H3. The molecule has 0 aromatic heterocycles. The van der Waals surface area contributed by atoms with Gasteiger partial charge in [-0.25, -0.2) is 0 Å². The first-order chi connectivity index (χ1) is 4.93. The van der Waals surface area contributed by atoms with Gasteiger partial charge >= 0.3 is 0 Å². The van der Waals surface area contributed by atoms with Crippen molar-refractivity contribution in [3.63, 3.8) is 0 Å². The summed E-state index contributed by atoms with van der Waals surface area (Å²) in [7, 11) is 1.97. The molecule has 0 atom stereocenters. The predicted octanol–water partition coefficient (Wildman–Crippen LogP) is 1.02. The molecule has 1 rings (SSSR count). The molecule has 0 aromatic carbocycles. The van der Waals surface area contributed by atoms with Gasteiger partial charge in [-0.15, -0.1) is 0 Å². The summed E-state index contributed by atoms with van der Waals surface area (Å²) in [6, 6.07) is 0. The number of hydrogen-bond acceptors (Lipinski definition) is 2. The second kappa shape index (κ2) is 4.69. The molecule has 2 heteroatoms. The molecule has 1 N–H and O–H groups in total. The van der Waals surface area contributed by atoms with Crippen LogP contribution in [0.3, 0.4) is 0 Å². The molecular formula is C8H17NO. The number of hydrogen-bond donors (Lipinski definition) is 1. The molecule has 0 amide bonds. The summed E-state index contributed by atoms with van der Waals surface area (Å²) in [5.74, 6) is 0.912. The second-order valence-corrected chi connectivity index (χ2v) is 2.98. The highest BCUT2D eigenvalue weighted by Crippen LogP contribution is 2.28. The minimum atomic E-state index is 0.912. The highest BCUT2D eigenvalue weighted by Gasteiger charge is 2.20. The monoisotopic (exact) mass is 143 g/mol. The molecule has 0 radical (unpaired) electrons. The lowest BCUT2D eigenvalue weighted by molar-refractivity contribution is 0.122. The Labute approximate surface area is 63.0 Å². The molecular weight excluding hydrogens is 126 g/mol. The van der Waals surface area contributed by atoms with Gasteiger partial charge in [0.15, 0.2) is 0 Å². The third-order valence-corrected chi connectivity index (χ3v) is 1.77. The van der Waals surface area contributed by atoms with Crippen LogP contribution in [0.5, 0.6) is 0 Å². The summed E-state index contributed by atoms with van der Waals surface area (Å²) in [5, 5.41) is 3.09. The van der Waals surface area contributed by atoms with E-state index in [1.54, 1.807) is 0 Å². The summed E-state index contributed by atoms with van der Waals surface area (Å²) in [5.41, 5.74) is 0. The van der Waals surface area contributed by atoms with Crippen LogP contribution in [0.15, 0.2) is 0 Å². The summed E-state index contributed by atoms with van der Waals surface area (Å²) in [6.45, 7) is 3.01. The molecule has 0 unspecified atom stereocenters. The Morgan fingerprint density at radius 3 is 2.90 bits per heavy atom. The van der Waals surface area contributed by atoms with E-state index in [1.807, 2.05) is 7.05 Å². The number of nitrogens with one attached hydrogen (secondary N) is 1. The van der Waals surface area contributed by atoms with Crippen LogP contribution in [0.2, 0.25) is 0 Å². The van der Waals surface area contributed by atoms with Crippen LogP contribution in [-0.2, 0) is 4.74 Å². The molecule has 2 nitrogen and oxygen atoms in total.